The summed E-state index contributed by atoms with van der Waals surface area (Å²) >= 11 is 0. The molecule has 0 aliphatic carbocycles. The van der Waals surface area contributed by atoms with Crippen LogP contribution in [0.3, 0.4) is 0 Å². The van der Waals surface area contributed by atoms with Crippen LogP contribution in [0.2, 0.25) is 0 Å². The molecule has 1 unspecified atom stereocenters. The Labute approximate surface area is 126 Å². The van der Waals surface area contributed by atoms with E-state index in [4.69, 9.17) is 9.47 Å². The van der Waals surface area contributed by atoms with Gasteiger partial charge in [-0.25, -0.2) is 0 Å². The van der Waals surface area contributed by atoms with Crippen LogP contribution in [0.15, 0.2) is 24.3 Å². The van der Waals surface area contributed by atoms with E-state index < -0.39 is 0 Å². The highest BCUT2D eigenvalue weighted by Crippen LogP contribution is 2.42. The van der Waals surface area contributed by atoms with Gasteiger partial charge in [-0.3, -0.25) is 0 Å². The van der Waals surface area contributed by atoms with Gasteiger partial charge in [0.25, 0.3) is 0 Å². The van der Waals surface area contributed by atoms with E-state index in [0.717, 1.165) is 24.9 Å². The van der Waals surface area contributed by atoms with Crippen molar-refractivity contribution in [3.05, 3.63) is 24.3 Å². The van der Waals surface area contributed by atoms with E-state index in [2.05, 4.69) is 21.9 Å². The van der Waals surface area contributed by atoms with Gasteiger partial charge in [0.1, 0.15) is 5.75 Å². The summed E-state index contributed by atoms with van der Waals surface area (Å²) in [6, 6.07) is 8.43. The number of likely N-dealkylation sites (tertiary alicyclic amines) is 1. The standard InChI is InChI=1S/C17H24N2O2/c1-20-16-4-2-15(3-5-16)19-12-17(13-19)10-18(11-17)8-14-6-7-21-9-14/h2-5,14H,6-13H2,1H3. The quantitative estimate of drug-likeness (QED) is 0.844. The van der Waals surface area contributed by atoms with Gasteiger partial charge >= 0.3 is 0 Å². The highest BCUT2D eigenvalue weighted by molar-refractivity contribution is 5.52. The molecule has 114 valence electrons. The van der Waals surface area contributed by atoms with E-state index in [1.54, 1.807) is 7.11 Å². The number of benzene rings is 1. The van der Waals surface area contributed by atoms with Crippen molar-refractivity contribution in [1.82, 2.24) is 4.90 Å². The van der Waals surface area contributed by atoms with Gasteiger partial charge < -0.3 is 19.3 Å². The molecule has 4 nitrogen and oxygen atoms in total. The molecule has 0 amide bonds. The van der Waals surface area contributed by atoms with Gasteiger partial charge in [0.05, 0.1) is 13.7 Å². The smallest absolute Gasteiger partial charge is 0.119 e. The molecular formula is C17H24N2O2. The third-order valence-corrected chi connectivity index (χ3v) is 5.15. The highest BCUT2D eigenvalue weighted by Gasteiger charge is 2.51. The summed E-state index contributed by atoms with van der Waals surface area (Å²) in [5.74, 6) is 1.71. The van der Waals surface area contributed by atoms with Crippen molar-refractivity contribution < 1.29 is 9.47 Å². The Bertz CT molecular complexity index is 482. The SMILES string of the molecule is COc1ccc(N2CC3(CN(CC4CCOC4)C3)C2)cc1. The molecule has 0 bridgehead atoms. The van der Waals surface area contributed by atoms with E-state index in [1.807, 2.05) is 12.1 Å². The van der Waals surface area contributed by atoms with Crippen LogP contribution in [0.25, 0.3) is 0 Å². The van der Waals surface area contributed by atoms with Crippen LogP contribution < -0.4 is 9.64 Å². The Kier molecular flexibility index (Phi) is 3.31. The summed E-state index contributed by atoms with van der Waals surface area (Å²) in [4.78, 5) is 5.10. The number of ether oxygens (including phenoxy) is 2. The molecule has 3 saturated heterocycles. The van der Waals surface area contributed by atoms with E-state index in [1.165, 1.54) is 44.8 Å². The predicted molar refractivity (Wildman–Crippen MR) is 83.0 cm³/mol. The van der Waals surface area contributed by atoms with Gasteiger partial charge in [-0.15, -0.1) is 0 Å². The summed E-state index contributed by atoms with van der Waals surface area (Å²) in [5, 5.41) is 0. The number of hydrogen-bond acceptors (Lipinski definition) is 4. The number of nitrogens with zero attached hydrogens (tertiary/aromatic N) is 2. The molecule has 1 aromatic carbocycles. The second kappa shape index (κ2) is 5.18. The van der Waals surface area contributed by atoms with Crippen LogP contribution in [0, 0.1) is 11.3 Å². The first kappa shape index (κ1) is 13.4. The zero-order valence-electron chi connectivity index (χ0n) is 12.8. The molecule has 3 aliphatic rings. The van der Waals surface area contributed by atoms with Crippen LogP contribution >= 0.6 is 0 Å². The van der Waals surface area contributed by atoms with Crippen molar-refractivity contribution >= 4 is 5.69 Å². The van der Waals surface area contributed by atoms with Gasteiger partial charge in [0.15, 0.2) is 0 Å². The molecule has 4 rings (SSSR count). The average Bonchev–Trinajstić information content (AvgIpc) is 2.93. The van der Waals surface area contributed by atoms with Crippen LogP contribution in [0.4, 0.5) is 5.69 Å². The van der Waals surface area contributed by atoms with Gasteiger partial charge in [-0.2, -0.15) is 0 Å². The van der Waals surface area contributed by atoms with Gasteiger partial charge in [0, 0.05) is 50.4 Å². The van der Waals surface area contributed by atoms with Crippen LogP contribution in [-0.2, 0) is 4.74 Å². The minimum absolute atomic E-state index is 0.569. The minimum atomic E-state index is 0.569. The number of methoxy groups -OCH3 is 1. The zero-order chi connectivity index (χ0) is 14.3. The summed E-state index contributed by atoms with van der Waals surface area (Å²) in [6.45, 7) is 8.14. The molecule has 3 heterocycles. The molecule has 1 spiro atoms. The van der Waals surface area contributed by atoms with Crippen molar-refractivity contribution in [2.24, 2.45) is 11.3 Å². The summed E-state index contributed by atoms with van der Waals surface area (Å²) in [5.41, 5.74) is 1.89. The molecule has 0 radical (unpaired) electrons. The largest absolute Gasteiger partial charge is 0.497 e. The predicted octanol–water partition coefficient (Wildman–Crippen LogP) is 1.85. The Morgan fingerprint density at radius 3 is 2.57 bits per heavy atom. The van der Waals surface area contributed by atoms with Crippen molar-refractivity contribution in [1.29, 1.82) is 0 Å². The van der Waals surface area contributed by atoms with Crippen LogP contribution in [-0.4, -0.2) is 57.9 Å². The van der Waals surface area contributed by atoms with Crippen LogP contribution in [0.5, 0.6) is 5.75 Å². The highest BCUT2D eigenvalue weighted by atomic mass is 16.5. The van der Waals surface area contributed by atoms with Crippen molar-refractivity contribution in [3.8, 4) is 5.75 Å². The molecular weight excluding hydrogens is 264 g/mol. The summed E-state index contributed by atoms with van der Waals surface area (Å²) < 4.78 is 10.7. The Hall–Kier alpha value is -1.26. The van der Waals surface area contributed by atoms with E-state index >= 15 is 0 Å². The maximum absolute atomic E-state index is 5.47. The Balaban J connectivity index is 1.26. The first-order chi connectivity index (χ1) is 10.3. The lowest BCUT2D eigenvalue weighted by Crippen LogP contribution is -2.72. The van der Waals surface area contributed by atoms with Gasteiger partial charge in [-0.1, -0.05) is 0 Å². The van der Waals surface area contributed by atoms with Crippen molar-refractivity contribution in [2.45, 2.75) is 6.42 Å². The average molecular weight is 288 g/mol. The topological polar surface area (TPSA) is 24.9 Å². The molecule has 21 heavy (non-hydrogen) atoms. The molecule has 1 atom stereocenters. The van der Waals surface area contributed by atoms with Gasteiger partial charge in [0.2, 0.25) is 0 Å². The molecule has 4 heteroatoms. The molecule has 3 fully saturated rings. The third kappa shape index (κ3) is 2.51. The van der Waals surface area contributed by atoms with Gasteiger partial charge in [-0.05, 0) is 36.6 Å². The molecule has 0 aromatic heterocycles. The third-order valence-electron chi connectivity index (χ3n) is 5.15. The second-order valence-electron chi connectivity index (χ2n) is 6.95. The monoisotopic (exact) mass is 288 g/mol. The van der Waals surface area contributed by atoms with E-state index in [9.17, 15) is 0 Å². The summed E-state index contributed by atoms with van der Waals surface area (Å²) in [6.07, 6.45) is 1.25. The normalized spacial score (nSPS) is 27.5. The molecule has 3 aliphatic heterocycles. The maximum Gasteiger partial charge on any atom is 0.119 e. The molecule has 0 saturated carbocycles. The lowest BCUT2D eigenvalue weighted by atomic mass is 9.72. The first-order valence-corrected chi connectivity index (χ1v) is 7.95. The van der Waals surface area contributed by atoms with Crippen molar-refractivity contribution in [2.75, 3.05) is 57.9 Å². The summed E-state index contributed by atoms with van der Waals surface area (Å²) in [7, 11) is 1.71. The number of hydrogen-bond donors (Lipinski definition) is 0. The lowest BCUT2D eigenvalue weighted by molar-refractivity contribution is -0.0310. The fourth-order valence-corrected chi connectivity index (χ4v) is 4.06. The number of anilines is 1. The fraction of sp³-hybridized carbons (Fsp3) is 0.647. The maximum atomic E-state index is 5.47. The Morgan fingerprint density at radius 1 is 1.19 bits per heavy atom. The molecule has 1 aromatic rings. The number of rotatable bonds is 4. The van der Waals surface area contributed by atoms with E-state index in [-0.39, 0.29) is 0 Å². The Morgan fingerprint density at radius 2 is 1.95 bits per heavy atom. The minimum Gasteiger partial charge on any atom is -0.497 e. The van der Waals surface area contributed by atoms with E-state index in [0.29, 0.717) is 5.41 Å². The zero-order valence-corrected chi connectivity index (χ0v) is 12.8. The first-order valence-electron chi connectivity index (χ1n) is 7.95. The van der Waals surface area contributed by atoms with Crippen molar-refractivity contribution in [3.63, 3.8) is 0 Å². The second-order valence-corrected chi connectivity index (χ2v) is 6.95. The fourth-order valence-electron chi connectivity index (χ4n) is 4.06. The lowest BCUT2D eigenvalue weighted by Gasteiger charge is -2.61. The molecule has 0 N–H and O–H groups in total. The van der Waals surface area contributed by atoms with Crippen LogP contribution in [0.1, 0.15) is 6.42 Å².